The topological polar surface area (TPSA) is 32.7 Å². The van der Waals surface area contributed by atoms with Crippen LogP contribution in [0.15, 0.2) is 0 Å². The maximum atomic E-state index is 8.60. The predicted molar refractivity (Wildman–Crippen MR) is 59.5 cm³/mol. The Hall–Kier alpha value is -0.120. The van der Waals surface area contributed by atoms with Crippen molar-refractivity contribution in [2.75, 3.05) is 33.4 Å². The molecule has 0 aliphatic carbocycles. The Labute approximate surface area is 88.1 Å². The molecule has 0 atom stereocenters. The van der Waals surface area contributed by atoms with Gasteiger partial charge in [-0.25, -0.2) is 0 Å². The molecule has 0 aromatic heterocycles. The van der Waals surface area contributed by atoms with E-state index in [0.29, 0.717) is 12.7 Å². The molecule has 0 fully saturated rings. The van der Waals surface area contributed by atoms with Gasteiger partial charge in [0.25, 0.3) is 0 Å². The van der Waals surface area contributed by atoms with Crippen molar-refractivity contribution < 1.29 is 9.84 Å². The lowest BCUT2D eigenvalue weighted by atomic mass is 10.2. The summed E-state index contributed by atoms with van der Waals surface area (Å²) in [5.74, 6) is 0. The third kappa shape index (κ3) is 9.96. The van der Waals surface area contributed by atoms with Gasteiger partial charge in [0.15, 0.2) is 0 Å². The molecule has 86 valence electrons. The maximum Gasteiger partial charge on any atom is 0.0596 e. The summed E-state index contributed by atoms with van der Waals surface area (Å²) < 4.78 is 5.46. The largest absolute Gasteiger partial charge is 0.396 e. The van der Waals surface area contributed by atoms with E-state index in [1.165, 1.54) is 6.42 Å². The van der Waals surface area contributed by atoms with Crippen molar-refractivity contribution in [1.29, 1.82) is 0 Å². The molecule has 0 rings (SSSR count). The number of hydrogen-bond acceptors (Lipinski definition) is 3. The van der Waals surface area contributed by atoms with E-state index in [9.17, 15) is 0 Å². The second-order valence-electron chi connectivity index (χ2n) is 4.01. The van der Waals surface area contributed by atoms with Crippen LogP contribution in [0.4, 0.5) is 0 Å². The average molecular weight is 203 g/mol. The minimum Gasteiger partial charge on any atom is -0.396 e. The Balaban J connectivity index is 3.15. The van der Waals surface area contributed by atoms with Gasteiger partial charge in [-0.2, -0.15) is 0 Å². The molecule has 0 amide bonds. The third-order valence-electron chi connectivity index (χ3n) is 2.12. The molecule has 0 aromatic rings. The van der Waals surface area contributed by atoms with Crippen LogP contribution in [0, 0.1) is 0 Å². The molecule has 1 N–H and O–H groups in total. The first-order valence-electron chi connectivity index (χ1n) is 5.57. The second kappa shape index (κ2) is 9.44. The SMILES string of the molecule is CC(C)OCCN(C)CCCCCO. The lowest BCUT2D eigenvalue weighted by Crippen LogP contribution is -2.25. The molecular formula is C11H25NO2. The summed E-state index contributed by atoms with van der Waals surface area (Å²) >= 11 is 0. The molecule has 0 saturated carbocycles. The van der Waals surface area contributed by atoms with E-state index < -0.39 is 0 Å². The zero-order chi connectivity index (χ0) is 10.8. The van der Waals surface area contributed by atoms with Crippen LogP contribution < -0.4 is 0 Å². The highest BCUT2D eigenvalue weighted by molar-refractivity contribution is 4.52. The molecule has 0 aliphatic heterocycles. The Morgan fingerprint density at radius 3 is 2.43 bits per heavy atom. The van der Waals surface area contributed by atoms with Crippen LogP contribution in [0.2, 0.25) is 0 Å². The van der Waals surface area contributed by atoms with E-state index >= 15 is 0 Å². The van der Waals surface area contributed by atoms with Gasteiger partial charge < -0.3 is 14.7 Å². The molecule has 14 heavy (non-hydrogen) atoms. The molecule has 0 saturated heterocycles. The van der Waals surface area contributed by atoms with Gasteiger partial charge in [0.1, 0.15) is 0 Å². The molecule has 0 aromatic carbocycles. The van der Waals surface area contributed by atoms with Crippen LogP contribution >= 0.6 is 0 Å². The minimum atomic E-state index is 0.320. The number of aliphatic hydroxyl groups excluding tert-OH is 1. The van der Waals surface area contributed by atoms with E-state index in [1.807, 2.05) is 0 Å². The highest BCUT2D eigenvalue weighted by Crippen LogP contribution is 1.97. The lowest BCUT2D eigenvalue weighted by molar-refractivity contribution is 0.0635. The van der Waals surface area contributed by atoms with Crippen molar-refractivity contribution in [3.05, 3.63) is 0 Å². The molecule has 3 heteroatoms. The third-order valence-corrected chi connectivity index (χ3v) is 2.12. The molecule has 0 spiro atoms. The van der Waals surface area contributed by atoms with Gasteiger partial charge in [0, 0.05) is 13.2 Å². The summed E-state index contributed by atoms with van der Waals surface area (Å²) in [6.07, 6.45) is 3.54. The molecule has 3 nitrogen and oxygen atoms in total. The van der Waals surface area contributed by atoms with Gasteiger partial charge in [0.05, 0.1) is 12.7 Å². The fourth-order valence-corrected chi connectivity index (χ4v) is 1.23. The summed E-state index contributed by atoms with van der Waals surface area (Å²) in [5.41, 5.74) is 0. The Morgan fingerprint density at radius 1 is 1.14 bits per heavy atom. The van der Waals surface area contributed by atoms with Crippen LogP contribution in [-0.4, -0.2) is 49.5 Å². The second-order valence-corrected chi connectivity index (χ2v) is 4.01. The number of nitrogens with zero attached hydrogens (tertiary/aromatic N) is 1. The van der Waals surface area contributed by atoms with Crippen LogP contribution in [0.1, 0.15) is 33.1 Å². The quantitative estimate of drug-likeness (QED) is 0.577. The maximum absolute atomic E-state index is 8.60. The van der Waals surface area contributed by atoms with Gasteiger partial charge in [-0.1, -0.05) is 0 Å². The van der Waals surface area contributed by atoms with Crippen LogP contribution in [0.3, 0.4) is 0 Å². The predicted octanol–water partition coefficient (Wildman–Crippen LogP) is 1.51. The van der Waals surface area contributed by atoms with Gasteiger partial charge >= 0.3 is 0 Å². The molecular weight excluding hydrogens is 178 g/mol. The number of likely N-dealkylation sites (N-methyl/N-ethyl adjacent to an activating group) is 1. The van der Waals surface area contributed by atoms with E-state index in [-0.39, 0.29) is 0 Å². The van der Waals surface area contributed by atoms with Gasteiger partial charge in [-0.3, -0.25) is 0 Å². The van der Waals surface area contributed by atoms with Gasteiger partial charge in [-0.05, 0) is 46.7 Å². The van der Waals surface area contributed by atoms with E-state index in [2.05, 4.69) is 25.8 Å². The zero-order valence-corrected chi connectivity index (χ0v) is 9.83. The normalized spacial score (nSPS) is 11.6. The smallest absolute Gasteiger partial charge is 0.0596 e. The first-order valence-corrected chi connectivity index (χ1v) is 5.57. The highest BCUT2D eigenvalue weighted by Gasteiger charge is 1.99. The van der Waals surface area contributed by atoms with E-state index in [0.717, 1.165) is 32.5 Å². The fourth-order valence-electron chi connectivity index (χ4n) is 1.23. The van der Waals surface area contributed by atoms with Gasteiger partial charge in [0.2, 0.25) is 0 Å². The summed E-state index contributed by atoms with van der Waals surface area (Å²) in [5, 5.41) is 8.60. The van der Waals surface area contributed by atoms with Crippen molar-refractivity contribution in [1.82, 2.24) is 4.90 Å². The van der Waals surface area contributed by atoms with E-state index in [4.69, 9.17) is 9.84 Å². The summed E-state index contributed by atoms with van der Waals surface area (Å²) in [6, 6.07) is 0. The van der Waals surface area contributed by atoms with Gasteiger partial charge in [-0.15, -0.1) is 0 Å². The average Bonchev–Trinajstić information content (AvgIpc) is 2.12. The fraction of sp³-hybridized carbons (Fsp3) is 1.00. The first kappa shape index (κ1) is 13.9. The lowest BCUT2D eigenvalue weighted by Gasteiger charge is -2.17. The van der Waals surface area contributed by atoms with Crippen molar-refractivity contribution in [3.8, 4) is 0 Å². The standard InChI is InChI=1S/C11H25NO2/c1-11(2)14-10-8-12(3)7-5-4-6-9-13/h11,13H,4-10H2,1-3H3. The number of rotatable bonds is 9. The first-order chi connectivity index (χ1) is 6.66. The summed E-state index contributed by atoms with van der Waals surface area (Å²) in [7, 11) is 2.11. The number of aliphatic hydroxyl groups is 1. The molecule has 0 radical (unpaired) electrons. The van der Waals surface area contributed by atoms with Crippen LogP contribution in [0.5, 0.6) is 0 Å². The molecule has 0 bridgehead atoms. The van der Waals surface area contributed by atoms with Crippen molar-refractivity contribution in [2.24, 2.45) is 0 Å². The monoisotopic (exact) mass is 203 g/mol. The Bertz CT molecular complexity index is 118. The number of unbranched alkanes of at least 4 members (excludes halogenated alkanes) is 2. The van der Waals surface area contributed by atoms with Crippen LogP contribution in [-0.2, 0) is 4.74 Å². The molecule has 0 heterocycles. The zero-order valence-electron chi connectivity index (χ0n) is 9.83. The number of hydrogen-bond donors (Lipinski definition) is 1. The highest BCUT2D eigenvalue weighted by atomic mass is 16.5. The van der Waals surface area contributed by atoms with Crippen molar-refractivity contribution in [3.63, 3.8) is 0 Å². The Morgan fingerprint density at radius 2 is 1.86 bits per heavy atom. The Kier molecular flexibility index (Phi) is 9.35. The van der Waals surface area contributed by atoms with E-state index in [1.54, 1.807) is 0 Å². The molecule has 0 aliphatic rings. The van der Waals surface area contributed by atoms with Crippen molar-refractivity contribution >= 4 is 0 Å². The minimum absolute atomic E-state index is 0.320. The van der Waals surface area contributed by atoms with Crippen molar-refractivity contribution in [2.45, 2.75) is 39.2 Å². The summed E-state index contributed by atoms with van der Waals surface area (Å²) in [6.45, 7) is 7.34. The van der Waals surface area contributed by atoms with Crippen LogP contribution in [0.25, 0.3) is 0 Å². The molecule has 0 unspecified atom stereocenters. The summed E-state index contributed by atoms with van der Waals surface area (Å²) in [4.78, 5) is 2.28. The number of ether oxygens (including phenoxy) is 1.